The Morgan fingerprint density at radius 1 is 1.00 bits per heavy atom. The molecule has 0 spiro atoms. The van der Waals surface area contributed by atoms with Gasteiger partial charge in [-0.1, -0.05) is 32.9 Å². The number of pyridine rings is 1. The molecule has 0 saturated carbocycles. The molecule has 1 aromatic carbocycles. The van der Waals surface area contributed by atoms with Crippen LogP contribution in [0, 0.1) is 0 Å². The second-order valence-corrected chi connectivity index (χ2v) is 11.6. The van der Waals surface area contributed by atoms with E-state index in [0.29, 0.717) is 18.9 Å². The molecule has 1 aliphatic heterocycles. The fraction of sp³-hybridized carbons (Fsp3) is 0.552. The van der Waals surface area contributed by atoms with E-state index in [9.17, 15) is 9.59 Å². The number of anilines is 2. The average molecular weight is 592 g/mol. The Hall–Kier alpha value is -2.81. The van der Waals surface area contributed by atoms with Crippen molar-refractivity contribution in [3.63, 3.8) is 0 Å². The van der Waals surface area contributed by atoms with Crippen molar-refractivity contribution in [2.24, 2.45) is 0 Å². The summed E-state index contributed by atoms with van der Waals surface area (Å²) in [5, 5.41) is 2.74. The van der Waals surface area contributed by atoms with E-state index in [1.807, 2.05) is 61.5 Å². The van der Waals surface area contributed by atoms with E-state index in [1.165, 1.54) is 0 Å². The molecule has 38 heavy (non-hydrogen) atoms. The van der Waals surface area contributed by atoms with E-state index in [2.05, 4.69) is 56.3 Å². The molecule has 210 valence electrons. The van der Waals surface area contributed by atoms with Crippen LogP contribution in [0.1, 0.15) is 67.9 Å². The van der Waals surface area contributed by atoms with Crippen molar-refractivity contribution in [1.29, 1.82) is 0 Å². The van der Waals surface area contributed by atoms with Gasteiger partial charge in [0, 0.05) is 43.6 Å². The zero-order valence-electron chi connectivity index (χ0n) is 24.3. The van der Waals surface area contributed by atoms with Crippen LogP contribution in [-0.4, -0.2) is 59.5 Å². The van der Waals surface area contributed by atoms with Crippen molar-refractivity contribution >= 4 is 39.6 Å². The Bertz CT molecular complexity index is 1100. The lowest BCUT2D eigenvalue weighted by Gasteiger charge is -2.37. The zero-order valence-corrected chi connectivity index (χ0v) is 25.9. The normalized spacial score (nSPS) is 13.8. The smallest absolute Gasteiger partial charge is 0.413 e. The Morgan fingerprint density at radius 2 is 1.61 bits per heavy atom. The Kier molecular flexibility index (Phi) is 11.0. The van der Waals surface area contributed by atoms with Crippen LogP contribution in [0.5, 0.6) is 0 Å². The second-order valence-electron chi connectivity index (χ2n) is 10.8. The molecule has 2 heterocycles. The molecule has 1 saturated heterocycles. The fourth-order valence-electron chi connectivity index (χ4n) is 3.95. The number of benzene rings is 1. The number of rotatable bonds is 4. The van der Waals surface area contributed by atoms with Crippen LogP contribution >= 0.6 is 15.9 Å². The molecule has 0 aliphatic carbocycles. The van der Waals surface area contributed by atoms with E-state index < -0.39 is 17.3 Å². The standard InChI is InChI=1S/C27H37BrN4O4.C2H6/c1-8-20-21(17-29-23(22(20)28)30-24(33)35-26(2,3)4)18-10-9-11-19(16-18)31-12-14-32(15-13-31)25(34)36-27(5,6)7;1-2/h9-11,16-17H,8,12-15H2,1-7H3,(H,29,30,33);1-2H3. The molecule has 1 aliphatic rings. The van der Waals surface area contributed by atoms with E-state index in [4.69, 9.17) is 9.47 Å². The van der Waals surface area contributed by atoms with Crippen molar-refractivity contribution < 1.29 is 19.1 Å². The monoisotopic (exact) mass is 590 g/mol. The first-order valence-corrected chi connectivity index (χ1v) is 14.1. The SMILES string of the molecule is CC.CCc1c(-c2cccc(N3CCN(C(=O)OC(C)(C)C)CC3)c2)cnc(NC(=O)OC(C)(C)C)c1Br. The molecule has 0 radical (unpaired) electrons. The molecule has 1 N–H and O–H groups in total. The van der Waals surface area contributed by atoms with Crippen LogP contribution in [0.4, 0.5) is 21.1 Å². The van der Waals surface area contributed by atoms with Crippen molar-refractivity contribution in [3.8, 4) is 11.1 Å². The topological polar surface area (TPSA) is 84.0 Å². The summed E-state index contributed by atoms with van der Waals surface area (Å²) >= 11 is 3.64. The van der Waals surface area contributed by atoms with Crippen LogP contribution in [0.15, 0.2) is 34.9 Å². The molecule has 2 amide bonds. The first kappa shape index (κ1) is 31.4. The predicted octanol–water partition coefficient (Wildman–Crippen LogP) is 7.50. The lowest BCUT2D eigenvalue weighted by molar-refractivity contribution is 0.0240. The number of piperazine rings is 1. The maximum absolute atomic E-state index is 12.4. The third-order valence-corrected chi connectivity index (χ3v) is 6.40. The molecule has 8 nitrogen and oxygen atoms in total. The van der Waals surface area contributed by atoms with Crippen molar-refractivity contribution in [2.75, 3.05) is 36.4 Å². The van der Waals surface area contributed by atoms with Crippen LogP contribution in [0.25, 0.3) is 11.1 Å². The van der Waals surface area contributed by atoms with Crippen LogP contribution in [0.3, 0.4) is 0 Å². The molecule has 0 atom stereocenters. The molecule has 9 heteroatoms. The summed E-state index contributed by atoms with van der Waals surface area (Å²) in [5.41, 5.74) is 3.07. The highest BCUT2D eigenvalue weighted by Gasteiger charge is 2.26. The number of carbonyl (C=O) groups is 2. The maximum Gasteiger partial charge on any atom is 0.413 e. The van der Waals surface area contributed by atoms with Gasteiger partial charge in [0.05, 0.1) is 4.47 Å². The predicted molar refractivity (Wildman–Crippen MR) is 158 cm³/mol. The summed E-state index contributed by atoms with van der Waals surface area (Å²) in [5.74, 6) is 0.430. The summed E-state index contributed by atoms with van der Waals surface area (Å²) in [6.07, 6.45) is 1.73. The lowest BCUT2D eigenvalue weighted by atomic mass is 9.99. The number of ether oxygens (including phenoxy) is 2. The van der Waals surface area contributed by atoms with Gasteiger partial charge in [-0.3, -0.25) is 5.32 Å². The maximum atomic E-state index is 12.4. The first-order chi connectivity index (χ1) is 17.8. The van der Waals surface area contributed by atoms with Crippen molar-refractivity contribution in [3.05, 3.63) is 40.5 Å². The zero-order chi connectivity index (χ0) is 28.7. The number of hydrogen-bond donors (Lipinski definition) is 1. The number of carbonyl (C=O) groups excluding carboxylic acids is 2. The van der Waals surface area contributed by atoms with Gasteiger partial charge in [0.15, 0.2) is 0 Å². The van der Waals surface area contributed by atoms with Gasteiger partial charge in [-0.05, 0) is 87.2 Å². The summed E-state index contributed by atoms with van der Waals surface area (Å²) < 4.78 is 11.6. The fourth-order valence-corrected chi connectivity index (χ4v) is 4.65. The van der Waals surface area contributed by atoms with Crippen LogP contribution in [0.2, 0.25) is 0 Å². The third-order valence-electron chi connectivity index (χ3n) is 5.55. The van der Waals surface area contributed by atoms with E-state index in [1.54, 1.807) is 11.1 Å². The summed E-state index contributed by atoms with van der Waals surface area (Å²) in [6.45, 7) is 19.8. The lowest BCUT2D eigenvalue weighted by Crippen LogP contribution is -2.50. The summed E-state index contributed by atoms with van der Waals surface area (Å²) in [4.78, 5) is 33.2. The molecule has 0 bridgehead atoms. The minimum Gasteiger partial charge on any atom is -0.444 e. The molecular weight excluding hydrogens is 548 g/mol. The largest absolute Gasteiger partial charge is 0.444 e. The molecular formula is C29H43BrN4O4. The van der Waals surface area contributed by atoms with Gasteiger partial charge < -0.3 is 19.3 Å². The first-order valence-electron chi connectivity index (χ1n) is 13.3. The number of amides is 2. The van der Waals surface area contributed by atoms with Gasteiger partial charge in [-0.25, -0.2) is 14.6 Å². The number of aromatic nitrogens is 1. The number of nitrogens with one attached hydrogen (secondary N) is 1. The van der Waals surface area contributed by atoms with Gasteiger partial charge in [0.25, 0.3) is 0 Å². The minimum atomic E-state index is -0.594. The Labute approximate surface area is 236 Å². The van der Waals surface area contributed by atoms with E-state index >= 15 is 0 Å². The summed E-state index contributed by atoms with van der Waals surface area (Å²) in [6, 6.07) is 8.32. The van der Waals surface area contributed by atoms with Gasteiger partial charge in [-0.2, -0.15) is 0 Å². The second kappa shape index (κ2) is 13.3. The number of nitrogens with zero attached hydrogens (tertiary/aromatic N) is 3. The Balaban J connectivity index is 0.00000247. The highest BCUT2D eigenvalue weighted by atomic mass is 79.9. The molecule has 0 unspecified atom stereocenters. The van der Waals surface area contributed by atoms with Gasteiger partial charge in [0.2, 0.25) is 0 Å². The number of hydrogen-bond acceptors (Lipinski definition) is 6. The minimum absolute atomic E-state index is 0.264. The average Bonchev–Trinajstić information content (AvgIpc) is 2.84. The summed E-state index contributed by atoms with van der Waals surface area (Å²) in [7, 11) is 0. The Morgan fingerprint density at radius 3 is 2.16 bits per heavy atom. The van der Waals surface area contributed by atoms with Crippen LogP contribution < -0.4 is 10.2 Å². The van der Waals surface area contributed by atoms with E-state index in [-0.39, 0.29) is 6.09 Å². The van der Waals surface area contributed by atoms with Crippen molar-refractivity contribution in [1.82, 2.24) is 9.88 Å². The quantitative estimate of drug-likeness (QED) is 0.396. The molecule has 3 rings (SSSR count). The van der Waals surface area contributed by atoms with E-state index in [0.717, 1.165) is 46.4 Å². The van der Waals surface area contributed by atoms with Gasteiger partial charge >= 0.3 is 12.2 Å². The van der Waals surface area contributed by atoms with Crippen LogP contribution in [-0.2, 0) is 15.9 Å². The highest BCUT2D eigenvalue weighted by Crippen LogP contribution is 2.35. The molecule has 1 fully saturated rings. The molecule has 1 aromatic heterocycles. The van der Waals surface area contributed by atoms with Gasteiger partial charge in [0.1, 0.15) is 17.0 Å². The number of halogens is 1. The highest BCUT2D eigenvalue weighted by molar-refractivity contribution is 9.10. The van der Waals surface area contributed by atoms with Crippen molar-refractivity contribution in [2.45, 2.75) is 79.9 Å². The third kappa shape index (κ3) is 8.89. The molecule has 2 aromatic rings. The van der Waals surface area contributed by atoms with Gasteiger partial charge in [-0.15, -0.1) is 0 Å².